The molecule has 3 heterocycles. The summed E-state index contributed by atoms with van der Waals surface area (Å²) < 4.78 is 40.5. The molecule has 0 aliphatic heterocycles. The summed E-state index contributed by atoms with van der Waals surface area (Å²) in [4.78, 5) is 6.84. The minimum Gasteiger partial charge on any atom is -0.390 e. The summed E-state index contributed by atoms with van der Waals surface area (Å²) in [6.07, 6.45) is -2.73. The summed E-state index contributed by atoms with van der Waals surface area (Å²) >= 11 is 0. The van der Waals surface area contributed by atoms with Crippen molar-refractivity contribution in [2.24, 2.45) is 0 Å². The van der Waals surface area contributed by atoms with E-state index in [1.165, 1.54) is 6.07 Å². The summed E-state index contributed by atoms with van der Waals surface area (Å²) in [5.74, 6) is 0. The van der Waals surface area contributed by atoms with E-state index in [4.69, 9.17) is 0 Å². The molecule has 7 heteroatoms. The number of rotatable bonds is 2. The molecule has 3 aromatic heterocycles. The number of hydrogen-bond acceptors (Lipinski definition) is 2. The molecule has 122 valence electrons. The number of aliphatic hydroxyl groups is 1. The number of benzene rings is 1. The van der Waals surface area contributed by atoms with E-state index in [1.807, 2.05) is 18.2 Å². The van der Waals surface area contributed by atoms with E-state index in [1.54, 1.807) is 22.9 Å². The number of aliphatic hydroxyl groups excluding tert-OH is 1. The number of nitrogens with one attached hydrogen (secondary N) is 1. The first kappa shape index (κ1) is 14.8. The van der Waals surface area contributed by atoms with Crippen molar-refractivity contribution in [1.29, 1.82) is 0 Å². The van der Waals surface area contributed by atoms with Crippen molar-refractivity contribution in [3.63, 3.8) is 0 Å². The third-order valence-corrected chi connectivity index (χ3v) is 3.97. The molecule has 4 aromatic rings. The van der Waals surface area contributed by atoms with Gasteiger partial charge in [0.2, 0.25) is 0 Å². The number of alkyl halides is 3. The second-order valence-corrected chi connectivity index (χ2v) is 5.49. The fraction of sp³-hybridized carbons (Fsp3) is 0.118. The quantitative estimate of drug-likeness (QED) is 0.583. The van der Waals surface area contributed by atoms with Crippen LogP contribution in [-0.4, -0.2) is 19.6 Å². The molecule has 0 radical (unpaired) electrons. The van der Waals surface area contributed by atoms with Gasteiger partial charge in [-0.3, -0.25) is 4.57 Å². The smallest absolute Gasteiger partial charge is 0.390 e. The van der Waals surface area contributed by atoms with Crippen molar-refractivity contribution in [1.82, 2.24) is 14.5 Å². The zero-order chi connectivity index (χ0) is 16.9. The van der Waals surface area contributed by atoms with Gasteiger partial charge in [0, 0.05) is 28.2 Å². The van der Waals surface area contributed by atoms with E-state index in [-0.39, 0.29) is 12.3 Å². The lowest BCUT2D eigenvalue weighted by molar-refractivity contribution is -0.141. The Bertz CT molecular complexity index is 1050. The predicted octanol–water partition coefficient (Wildman–Crippen LogP) is 4.02. The van der Waals surface area contributed by atoms with Crippen LogP contribution in [0.2, 0.25) is 0 Å². The molecule has 0 unspecified atom stereocenters. The maximum absolute atomic E-state index is 13.0. The van der Waals surface area contributed by atoms with Crippen LogP contribution in [0.3, 0.4) is 0 Å². The SMILES string of the molecule is OCc1cc2ccc(C(F)(F)F)nc2n1-c1ccc2[nH]ccc2c1. The van der Waals surface area contributed by atoms with Crippen LogP contribution in [0.15, 0.2) is 48.7 Å². The van der Waals surface area contributed by atoms with Crippen molar-refractivity contribution in [2.45, 2.75) is 12.8 Å². The third kappa shape index (κ3) is 2.25. The molecule has 2 N–H and O–H groups in total. The highest BCUT2D eigenvalue weighted by Crippen LogP contribution is 2.31. The molecular formula is C17H12F3N3O. The number of aromatic nitrogens is 3. The first-order chi connectivity index (χ1) is 11.5. The molecule has 0 atom stereocenters. The Labute approximate surface area is 134 Å². The molecule has 0 saturated heterocycles. The molecule has 0 saturated carbocycles. The minimum atomic E-state index is -4.52. The summed E-state index contributed by atoms with van der Waals surface area (Å²) in [5.41, 5.74) is 1.26. The van der Waals surface area contributed by atoms with Crippen molar-refractivity contribution in [2.75, 3.05) is 0 Å². The van der Waals surface area contributed by atoms with E-state index < -0.39 is 11.9 Å². The van der Waals surface area contributed by atoms with E-state index in [9.17, 15) is 18.3 Å². The van der Waals surface area contributed by atoms with E-state index in [0.29, 0.717) is 16.8 Å². The highest BCUT2D eigenvalue weighted by atomic mass is 19.4. The number of halogens is 3. The molecule has 4 rings (SSSR count). The fourth-order valence-electron chi connectivity index (χ4n) is 2.87. The van der Waals surface area contributed by atoms with Gasteiger partial charge in [0.25, 0.3) is 0 Å². The van der Waals surface area contributed by atoms with Crippen molar-refractivity contribution < 1.29 is 18.3 Å². The highest BCUT2D eigenvalue weighted by molar-refractivity contribution is 5.84. The van der Waals surface area contributed by atoms with Crippen LogP contribution >= 0.6 is 0 Å². The number of pyridine rings is 1. The number of aromatic amines is 1. The minimum absolute atomic E-state index is 0.170. The van der Waals surface area contributed by atoms with Crippen molar-refractivity contribution in [3.05, 3.63) is 60.0 Å². The second-order valence-electron chi connectivity index (χ2n) is 5.49. The van der Waals surface area contributed by atoms with Crippen LogP contribution in [0.4, 0.5) is 13.2 Å². The molecule has 0 spiro atoms. The van der Waals surface area contributed by atoms with Crippen molar-refractivity contribution >= 4 is 21.9 Å². The monoisotopic (exact) mass is 331 g/mol. The molecule has 0 amide bonds. The molecule has 24 heavy (non-hydrogen) atoms. The zero-order valence-corrected chi connectivity index (χ0v) is 12.3. The Morgan fingerprint density at radius 2 is 1.88 bits per heavy atom. The second kappa shape index (κ2) is 5.10. The highest BCUT2D eigenvalue weighted by Gasteiger charge is 2.33. The summed E-state index contributed by atoms with van der Waals surface area (Å²) in [7, 11) is 0. The lowest BCUT2D eigenvalue weighted by atomic mass is 10.2. The molecular weight excluding hydrogens is 319 g/mol. The molecule has 0 bridgehead atoms. The zero-order valence-electron chi connectivity index (χ0n) is 12.3. The van der Waals surface area contributed by atoms with Gasteiger partial charge in [-0.05, 0) is 42.5 Å². The van der Waals surface area contributed by atoms with Crippen LogP contribution < -0.4 is 0 Å². The molecule has 0 fully saturated rings. The average molecular weight is 331 g/mol. The number of nitrogens with zero attached hydrogens (tertiary/aromatic N) is 2. The molecule has 0 aliphatic rings. The van der Waals surface area contributed by atoms with Crippen LogP contribution in [0.25, 0.3) is 27.6 Å². The summed E-state index contributed by atoms with van der Waals surface area (Å²) in [6, 6.07) is 11.3. The fourth-order valence-corrected chi connectivity index (χ4v) is 2.87. The van der Waals surface area contributed by atoms with Gasteiger partial charge >= 0.3 is 6.18 Å². The number of hydrogen-bond donors (Lipinski definition) is 2. The van der Waals surface area contributed by atoms with Crippen LogP contribution in [0.1, 0.15) is 11.4 Å². The summed E-state index contributed by atoms with van der Waals surface area (Å²) in [6.45, 7) is -0.303. The van der Waals surface area contributed by atoms with Crippen LogP contribution in [-0.2, 0) is 12.8 Å². The predicted molar refractivity (Wildman–Crippen MR) is 83.9 cm³/mol. The molecule has 0 aliphatic carbocycles. The lowest BCUT2D eigenvalue weighted by Crippen LogP contribution is -2.09. The van der Waals surface area contributed by atoms with Gasteiger partial charge in [0.15, 0.2) is 0 Å². The Balaban J connectivity index is 2.00. The normalized spacial score (nSPS) is 12.3. The van der Waals surface area contributed by atoms with Crippen molar-refractivity contribution in [3.8, 4) is 5.69 Å². The third-order valence-electron chi connectivity index (χ3n) is 3.97. The maximum Gasteiger partial charge on any atom is 0.433 e. The maximum atomic E-state index is 13.0. The number of H-pyrrole nitrogens is 1. The van der Waals surface area contributed by atoms with Gasteiger partial charge in [-0.15, -0.1) is 0 Å². The number of fused-ring (bicyclic) bond motifs is 2. The topological polar surface area (TPSA) is 53.8 Å². The Morgan fingerprint density at radius 3 is 2.62 bits per heavy atom. The van der Waals surface area contributed by atoms with E-state index in [0.717, 1.165) is 17.0 Å². The Hall–Kier alpha value is -2.80. The van der Waals surface area contributed by atoms with Gasteiger partial charge < -0.3 is 10.1 Å². The van der Waals surface area contributed by atoms with Gasteiger partial charge in [0.05, 0.1) is 12.3 Å². The first-order valence-electron chi connectivity index (χ1n) is 7.24. The van der Waals surface area contributed by atoms with Crippen LogP contribution in [0.5, 0.6) is 0 Å². The van der Waals surface area contributed by atoms with Crippen LogP contribution in [0, 0.1) is 0 Å². The lowest BCUT2D eigenvalue weighted by Gasteiger charge is -2.11. The Kier molecular flexibility index (Phi) is 3.14. The van der Waals surface area contributed by atoms with E-state index in [2.05, 4.69) is 9.97 Å². The van der Waals surface area contributed by atoms with Gasteiger partial charge in [-0.2, -0.15) is 13.2 Å². The largest absolute Gasteiger partial charge is 0.433 e. The average Bonchev–Trinajstić information content (AvgIpc) is 3.16. The van der Waals surface area contributed by atoms with Gasteiger partial charge in [-0.25, -0.2) is 4.98 Å². The summed E-state index contributed by atoms with van der Waals surface area (Å²) in [5, 5.41) is 11.1. The molecule has 4 nitrogen and oxygen atoms in total. The first-order valence-corrected chi connectivity index (χ1v) is 7.24. The standard InChI is InChI=1S/C17H12F3N3O/c18-17(19,20)15-4-1-11-8-13(9-24)23(16(11)22-15)12-2-3-14-10(7-12)5-6-21-14/h1-8,21,24H,9H2. The Morgan fingerprint density at radius 1 is 1.04 bits per heavy atom. The van der Waals surface area contributed by atoms with E-state index >= 15 is 0 Å². The van der Waals surface area contributed by atoms with Gasteiger partial charge in [-0.1, -0.05) is 0 Å². The molecule has 1 aromatic carbocycles. The van der Waals surface area contributed by atoms with Gasteiger partial charge in [0.1, 0.15) is 11.3 Å².